The average molecular weight is 653 g/mol. The first kappa shape index (κ1) is 33.2. The number of phenols is 1. The lowest BCUT2D eigenvalue weighted by molar-refractivity contribution is -0.185. The highest BCUT2D eigenvalue weighted by molar-refractivity contribution is 5.93. The topological polar surface area (TPSA) is 97.7 Å². The van der Waals surface area contributed by atoms with Crippen LogP contribution in [0.4, 0.5) is 0 Å². The molecule has 48 heavy (non-hydrogen) atoms. The van der Waals surface area contributed by atoms with Crippen LogP contribution in [-0.4, -0.2) is 34.0 Å². The number of carbonyl (C=O) groups is 4. The van der Waals surface area contributed by atoms with Crippen molar-refractivity contribution in [1.29, 1.82) is 0 Å². The zero-order valence-corrected chi connectivity index (χ0v) is 29.6. The summed E-state index contributed by atoms with van der Waals surface area (Å²) in [5.41, 5.74) is 5.19. The van der Waals surface area contributed by atoms with Crippen LogP contribution in [0.3, 0.4) is 0 Å². The molecule has 1 aromatic carbocycles. The number of phenolic OH excluding ortho intramolecular Hbond substituents is 1. The van der Waals surface area contributed by atoms with E-state index < -0.39 is 5.60 Å². The Kier molecular flexibility index (Phi) is 7.88. The van der Waals surface area contributed by atoms with Gasteiger partial charge in [0.15, 0.2) is 17.2 Å². The van der Waals surface area contributed by atoms with Gasteiger partial charge < -0.3 is 9.84 Å². The van der Waals surface area contributed by atoms with Gasteiger partial charge in [-0.25, -0.2) is 0 Å². The van der Waals surface area contributed by atoms with Gasteiger partial charge in [0.2, 0.25) is 0 Å². The SMILES string of the molecule is CC(=O)OC1(C(C)=O)CCC2C3C=C(C)C4=CC(=O)CCC4(C)C3CCC21C.CC12CCC3C(=CCc4cc(O)ccc43)C1CCC2=O. The minimum absolute atomic E-state index is 0.0160. The van der Waals surface area contributed by atoms with Crippen LogP contribution in [0.15, 0.2) is 53.1 Å². The van der Waals surface area contributed by atoms with Gasteiger partial charge in [-0.15, -0.1) is 0 Å². The summed E-state index contributed by atoms with van der Waals surface area (Å²) in [6, 6.07) is 5.79. The number of esters is 1. The predicted molar refractivity (Wildman–Crippen MR) is 184 cm³/mol. The third kappa shape index (κ3) is 4.70. The minimum Gasteiger partial charge on any atom is -0.508 e. The molecule has 0 aromatic heterocycles. The average Bonchev–Trinajstić information content (AvgIpc) is 3.51. The molecule has 0 radical (unpaired) electrons. The number of benzene rings is 1. The van der Waals surface area contributed by atoms with Crippen molar-refractivity contribution >= 4 is 23.3 Å². The molecule has 0 bridgehead atoms. The van der Waals surface area contributed by atoms with Crippen molar-refractivity contribution < 1.29 is 29.0 Å². The summed E-state index contributed by atoms with van der Waals surface area (Å²) < 4.78 is 5.82. The molecular weight excluding hydrogens is 600 g/mol. The first-order chi connectivity index (χ1) is 22.6. The highest BCUT2D eigenvalue weighted by Gasteiger charge is 2.67. The molecule has 256 valence electrons. The molecule has 1 aromatic rings. The van der Waals surface area contributed by atoms with E-state index in [1.807, 2.05) is 12.1 Å². The van der Waals surface area contributed by atoms with Crippen LogP contribution in [0.2, 0.25) is 0 Å². The molecule has 0 heterocycles. The van der Waals surface area contributed by atoms with Crippen molar-refractivity contribution in [1.82, 2.24) is 0 Å². The van der Waals surface area contributed by atoms with E-state index in [0.29, 0.717) is 54.0 Å². The molecule has 7 aliphatic rings. The summed E-state index contributed by atoms with van der Waals surface area (Å²) in [4.78, 5) is 49.0. The largest absolute Gasteiger partial charge is 0.508 e. The Morgan fingerprint density at radius 3 is 2.38 bits per heavy atom. The Morgan fingerprint density at radius 1 is 0.896 bits per heavy atom. The van der Waals surface area contributed by atoms with Crippen LogP contribution < -0.4 is 0 Å². The van der Waals surface area contributed by atoms with Gasteiger partial charge in [0.1, 0.15) is 11.5 Å². The summed E-state index contributed by atoms with van der Waals surface area (Å²) in [6.45, 7) is 11.8. The van der Waals surface area contributed by atoms with Crippen LogP contribution in [-0.2, 0) is 30.3 Å². The van der Waals surface area contributed by atoms with E-state index >= 15 is 0 Å². The van der Waals surface area contributed by atoms with Gasteiger partial charge in [-0.2, -0.15) is 0 Å². The van der Waals surface area contributed by atoms with Crippen molar-refractivity contribution in [2.45, 2.75) is 124 Å². The van der Waals surface area contributed by atoms with E-state index in [4.69, 9.17) is 4.74 Å². The summed E-state index contributed by atoms with van der Waals surface area (Å²) in [5.74, 6) is 2.79. The number of rotatable bonds is 2. The van der Waals surface area contributed by atoms with Crippen LogP contribution in [0.25, 0.3) is 0 Å². The first-order valence-corrected chi connectivity index (χ1v) is 18.3. The minimum atomic E-state index is -0.990. The Labute approximate surface area is 285 Å². The van der Waals surface area contributed by atoms with Crippen LogP contribution in [0.1, 0.15) is 123 Å². The third-order valence-corrected chi connectivity index (χ3v) is 14.7. The zero-order valence-electron chi connectivity index (χ0n) is 29.6. The van der Waals surface area contributed by atoms with E-state index in [1.54, 1.807) is 13.0 Å². The van der Waals surface area contributed by atoms with Crippen molar-refractivity contribution in [3.8, 4) is 5.75 Å². The van der Waals surface area contributed by atoms with Gasteiger partial charge >= 0.3 is 5.97 Å². The normalized spacial score (nSPS) is 40.6. The Hall–Kier alpha value is -3.28. The maximum absolute atomic E-state index is 12.8. The molecule has 7 aliphatic carbocycles. The predicted octanol–water partition coefficient (Wildman–Crippen LogP) is 8.31. The van der Waals surface area contributed by atoms with Crippen molar-refractivity contribution in [2.24, 2.45) is 39.9 Å². The Morgan fingerprint density at radius 2 is 1.65 bits per heavy atom. The smallest absolute Gasteiger partial charge is 0.303 e. The lowest BCUT2D eigenvalue weighted by Gasteiger charge is -2.58. The van der Waals surface area contributed by atoms with Crippen LogP contribution >= 0.6 is 0 Å². The fourth-order valence-corrected chi connectivity index (χ4v) is 12.2. The molecule has 4 saturated carbocycles. The maximum atomic E-state index is 12.8. The van der Waals surface area contributed by atoms with Crippen molar-refractivity contribution in [3.63, 3.8) is 0 Å². The lowest BCUT2D eigenvalue weighted by Crippen LogP contribution is -2.58. The van der Waals surface area contributed by atoms with Gasteiger partial charge in [-0.05, 0) is 136 Å². The first-order valence-electron chi connectivity index (χ1n) is 18.3. The Bertz CT molecular complexity index is 1690. The number of fused-ring (bicyclic) bond motifs is 10. The number of Topliss-reactive ketones (excluding diaryl/α,β-unsaturated/α-hetero) is 2. The van der Waals surface area contributed by atoms with Gasteiger partial charge in [-0.1, -0.05) is 50.1 Å². The summed E-state index contributed by atoms with van der Waals surface area (Å²) in [7, 11) is 0. The van der Waals surface area contributed by atoms with E-state index in [0.717, 1.165) is 57.8 Å². The van der Waals surface area contributed by atoms with Crippen molar-refractivity contribution in [3.05, 3.63) is 64.3 Å². The van der Waals surface area contributed by atoms with Crippen LogP contribution in [0.5, 0.6) is 5.75 Å². The molecule has 0 saturated heterocycles. The van der Waals surface area contributed by atoms with Crippen LogP contribution in [0, 0.1) is 39.9 Å². The molecule has 1 N–H and O–H groups in total. The number of aromatic hydroxyl groups is 1. The number of ether oxygens (including phenoxy) is 1. The standard InChI is InChI=1S/C24H32O4.C18H20O2/c1-14-12-18-19(22(4)9-6-17(27)13-21(14)22)7-10-23(5)20(18)8-11-24(23,15(2)25)28-16(3)26;1-18-9-8-14-13-5-3-12(19)10-11(13)2-4-15(14)16(18)6-7-17(18)20/h12-13,18-20H,6-11H2,1-5H3;3-5,10,14,16,19H,2,6-9H2,1H3. The number of hydrogen-bond acceptors (Lipinski definition) is 6. The molecular formula is C42H52O6. The number of allylic oxidation sites excluding steroid dienone is 6. The summed E-state index contributed by atoms with van der Waals surface area (Å²) >= 11 is 0. The Balaban J connectivity index is 0.000000160. The highest BCUT2D eigenvalue weighted by atomic mass is 16.6. The van der Waals surface area contributed by atoms with E-state index in [1.165, 1.54) is 34.8 Å². The third-order valence-electron chi connectivity index (χ3n) is 14.7. The molecule has 0 aliphatic heterocycles. The van der Waals surface area contributed by atoms with E-state index in [2.05, 4.69) is 45.9 Å². The fraction of sp³-hybridized carbons (Fsp3) is 0.619. The van der Waals surface area contributed by atoms with E-state index in [9.17, 15) is 24.3 Å². The number of carbonyl (C=O) groups excluding carboxylic acids is 4. The molecule has 9 unspecified atom stereocenters. The second kappa shape index (κ2) is 11.4. The molecule has 0 spiro atoms. The maximum Gasteiger partial charge on any atom is 0.303 e. The molecule has 8 rings (SSSR count). The molecule has 6 heteroatoms. The van der Waals surface area contributed by atoms with Gasteiger partial charge in [0, 0.05) is 36.5 Å². The second-order valence-corrected chi connectivity index (χ2v) is 16.9. The highest BCUT2D eigenvalue weighted by Crippen LogP contribution is 2.68. The van der Waals surface area contributed by atoms with E-state index in [-0.39, 0.29) is 33.8 Å². The molecule has 9 atom stereocenters. The quantitative estimate of drug-likeness (QED) is 0.255. The number of hydrogen-bond donors (Lipinski definition) is 1. The van der Waals surface area contributed by atoms with Gasteiger partial charge in [-0.3, -0.25) is 19.2 Å². The van der Waals surface area contributed by atoms with Gasteiger partial charge in [0.05, 0.1) is 0 Å². The number of ketones is 3. The molecule has 0 amide bonds. The zero-order chi connectivity index (χ0) is 34.4. The second-order valence-electron chi connectivity index (χ2n) is 16.9. The molecule has 4 fully saturated rings. The van der Waals surface area contributed by atoms with Gasteiger partial charge in [0.25, 0.3) is 0 Å². The summed E-state index contributed by atoms with van der Waals surface area (Å²) in [6.07, 6.45) is 16.3. The van der Waals surface area contributed by atoms with Crippen molar-refractivity contribution in [2.75, 3.05) is 0 Å². The monoisotopic (exact) mass is 652 g/mol. The molecule has 6 nitrogen and oxygen atoms in total. The summed E-state index contributed by atoms with van der Waals surface area (Å²) in [5, 5.41) is 9.64. The fourth-order valence-electron chi connectivity index (χ4n) is 12.2. The lowest BCUT2D eigenvalue weighted by atomic mass is 9.47.